The average Bonchev–Trinajstić information content (AvgIpc) is 2.79. The minimum atomic E-state index is -0.399. The van der Waals surface area contributed by atoms with Crippen LogP contribution in [0.1, 0.15) is 49.4 Å². The van der Waals surface area contributed by atoms with Gasteiger partial charge in [0.25, 0.3) is 0 Å². The summed E-state index contributed by atoms with van der Waals surface area (Å²) in [5.74, 6) is 0.222. The molecule has 0 fully saturated rings. The Labute approximate surface area is 235 Å². The van der Waals surface area contributed by atoms with Crippen LogP contribution in [0.5, 0.6) is 11.5 Å². The zero-order chi connectivity index (χ0) is 25.1. The zero-order valence-corrected chi connectivity index (χ0v) is 26.3. The van der Waals surface area contributed by atoms with Gasteiger partial charge in [0, 0.05) is 5.33 Å². The van der Waals surface area contributed by atoms with Crippen LogP contribution in [0.15, 0.2) is 33.2 Å². The normalized spacial score (nSPS) is 10.2. The van der Waals surface area contributed by atoms with E-state index in [2.05, 4.69) is 79.6 Å². The summed E-state index contributed by atoms with van der Waals surface area (Å²) in [6.45, 7) is 4.21. The molecule has 0 spiro atoms. The van der Waals surface area contributed by atoms with Gasteiger partial charge in [-0.15, -0.1) is 0 Å². The molecule has 182 valence electrons. The second-order valence-electron chi connectivity index (χ2n) is 6.03. The lowest BCUT2D eigenvalue weighted by Crippen LogP contribution is -2.10. The Hall–Kier alpha value is -0.620. The summed E-state index contributed by atoms with van der Waals surface area (Å²) in [5.41, 5.74) is 2.50. The van der Waals surface area contributed by atoms with Crippen LogP contribution < -0.4 is 9.47 Å². The number of methoxy groups -OCH3 is 2. The summed E-state index contributed by atoms with van der Waals surface area (Å²) >= 11 is 16.8. The van der Waals surface area contributed by atoms with E-state index in [1.165, 1.54) is 14.2 Å². The molecule has 0 saturated carbocycles. The molecule has 2 aromatic rings. The van der Waals surface area contributed by atoms with Gasteiger partial charge in [-0.25, -0.2) is 9.59 Å². The minimum Gasteiger partial charge on any atom is -0.495 e. The molecule has 0 aliphatic carbocycles. The van der Waals surface area contributed by atoms with Crippen molar-refractivity contribution in [3.63, 3.8) is 0 Å². The van der Waals surface area contributed by atoms with E-state index in [4.69, 9.17) is 18.9 Å². The van der Waals surface area contributed by atoms with Crippen molar-refractivity contribution < 1.29 is 28.5 Å². The molecule has 11 heteroatoms. The quantitative estimate of drug-likeness (QED) is 0.200. The maximum Gasteiger partial charge on any atom is 0.342 e. The van der Waals surface area contributed by atoms with E-state index in [9.17, 15) is 9.59 Å². The highest BCUT2D eigenvalue weighted by molar-refractivity contribution is 9.24. The third-order valence-electron chi connectivity index (χ3n) is 4.08. The molecule has 6 nitrogen and oxygen atoms in total. The first kappa shape index (κ1) is 30.4. The van der Waals surface area contributed by atoms with E-state index < -0.39 is 5.97 Å². The number of rotatable bonds is 8. The first-order valence-corrected chi connectivity index (χ1v) is 14.1. The summed E-state index contributed by atoms with van der Waals surface area (Å²) in [4.78, 5) is 23.7. The van der Waals surface area contributed by atoms with Gasteiger partial charge >= 0.3 is 11.9 Å². The first-order chi connectivity index (χ1) is 15.7. The highest BCUT2D eigenvalue weighted by Crippen LogP contribution is 2.39. The molecular weight excluding hydrogens is 760 g/mol. The molecule has 0 unspecified atom stereocenters. The van der Waals surface area contributed by atoms with Gasteiger partial charge < -0.3 is 18.9 Å². The summed E-state index contributed by atoms with van der Waals surface area (Å²) in [7, 11) is 3.05. The van der Waals surface area contributed by atoms with Crippen molar-refractivity contribution in [2.24, 2.45) is 0 Å². The molecule has 0 saturated heterocycles. The Morgan fingerprint density at radius 3 is 1.70 bits per heavy atom. The van der Waals surface area contributed by atoms with Gasteiger partial charge in [-0.1, -0.05) is 59.9 Å². The molecular formula is C22H23Br5O6. The molecule has 2 aromatic carbocycles. The summed E-state index contributed by atoms with van der Waals surface area (Å²) in [6.07, 6.45) is 0. The number of carbonyl (C=O) groups excluding carboxylic acids is 2. The van der Waals surface area contributed by atoms with E-state index >= 15 is 0 Å². The second-order valence-corrected chi connectivity index (χ2v) is 11.4. The van der Waals surface area contributed by atoms with Crippen molar-refractivity contribution in [1.29, 1.82) is 0 Å². The topological polar surface area (TPSA) is 71.1 Å². The van der Waals surface area contributed by atoms with Crippen molar-refractivity contribution in [3.8, 4) is 11.5 Å². The second kappa shape index (κ2) is 15.4. The summed E-state index contributed by atoms with van der Waals surface area (Å²) in [5, 5.41) is 0.574. The van der Waals surface area contributed by atoms with Crippen LogP contribution in [0.3, 0.4) is 0 Å². The van der Waals surface area contributed by atoms with E-state index in [0.717, 1.165) is 15.6 Å². The van der Waals surface area contributed by atoms with Crippen molar-refractivity contribution in [3.05, 3.63) is 55.5 Å². The number of carbonyl (C=O) groups is 2. The summed E-state index contributed by atoms with van der Waals surface area (Å²) in [6, 6.07) is 7.35. The van der Waals surface area contributed by atoms with Crippen molar-refractivity contribution in [1.82, 2.24) is 0 Å². The third kappa shape index (κ3) is 8.23. The van der Waals surface area contributed by atoms with Crippen LogP contribution in [-0.4, -0.2) is 39.4 Å². The van der Waals surface area contributed by atoms with E-state index in [0.29, 0.717) is 45.6 Å². The predicted octanol–water partition coefficient (Wildman–Crippen LogP) is 7.95. The van der Waals surface area contributed by atoms with Gasteiger partial charge in [0.15, 0.2) is 0 Å². The lowest BCUT2D eigenvalue weighted by atomic mass is 10.1. The molecule has 0 amide bonds. The number of hydrogen-bond acceptors (Lipinski definition) is 6. The van der Waals surface area contributed by atoms with E-state index in [1.54, 1.807) is 13.8 Å². The van der Waals surface area contributed by atoms with Gasteiger partial charge in [-0.3, -0.25) is 0 Å². The Balaban J connectivity index is 0.000000331. The standard InChI is InChI=1S/C11H11Br3O3.C11H12Br2O3/c1-3-17-11(15)8-6(10(13)14)4-5-7(12)9(8)16-2;1-3-16-11(14)9-7(6-12)4-5-8(13)10(9)15-2/h4-5,10H,3H2,1-2H3;4-5H,3,6H2,1-2H3. The fraction of sp³-hybridized carbons (Fsp3) is 0.364. The SMILES string of the molecule is CCOC(=O)c1c(C(Br)Br)ccc(Br)c1OC.CCOC(=O)c1c(CBr)ccc(Br)c1OC. The molecule has 0 aromatic heterocycles. The smallest absolute Gasteiger partial charge is 0.342 e. The first-order valence-electron chi connectivity index (χ1n) is 9.58. The molecule has 0 aliphatic heterocycles. The van der Waals surface area contributed by atoms with Gasteiger partial charge in [-0.2, -0.15) is 0 Å². The number of alkyl halides is 3. The predicted molar refractivity (Wildman–Crippen MR) is 147 cm³/mol. The average molecular weight is 783 g/mol. The molecule has 2 rings (SSSR count). The maximum atomic E-state index is 11.9. The van der Waals surface area contributed by atoms with Crippen LogP contribution in [0, 0.1) is 0 Å². The molecule has 33 heavy (non-hydrogen) atoms. The van der Waals surface area contributed by atoms with Crippen LogP contribution in [0.25, 0.3) is 0 Å². The number of hydrogen-bond donors (Lipinski definition) is 0. The van der Waals surface area contributed by atoms with E-state index in [-0.39, 0.29) is 9.71 Å². The fourth-order valence-electron chi connectivity index (χ4n) is 2.70. The molecule has 0 aliphatic rings. The monoisotopic (exact) mass is 778 g/mol. The zero-order valence-electron chi connectivity index (χ0n) is 18.3. The number of ether oxygens (including phenoxy) is 4. The Kier molecular flexibility index (Phi) is 14.2. The number of benzene rings is 2. The molecule has 0 N–H and O–H groups in total. The molecule has 0 radical (unpaired) electrons. The molecule has 0 bridgehead atoms. The van der Waals surface area contributed by atoms with Gasteiger partial charge in [-0.05, 0) is 69.0 Å². The third-order valence-corrected chi connectivity index (χ3v) is 6.92. The van der Waals surface area contributed by atoms with Crippen LogP contribution >= 0.6 is 79.6 Å². The number of halogens is 5. The lowest BCUT2D eigenvalue weighted by molar-refractivity contribution is 0.0511. The van der Waals surface area contributed by atoms with Crippen LogP contribution in [-0.2, 0) is 14.8 Å². The Bertz CT molecular complexity index is 965. The van der Waals surface area contributed by atoms with Crippen molar-refractivity contribution >= 4 is 91.6 Å². The Morgan fingerprint density at radius 1 is 0.818 bits per heavy atom. The maximum absolute atomic E-state index is 11.9. The molecule has 0 heterocycles. The van der Waals surface area contributed by atoms with Crippen molar-refractivity contribution in [2.75, 3.05) is 27.4 Å². The largest absolute Gasteiger partial charge is 0.495 e. The summed E-state index contributed by atoms with van der Waals surface area (Å²) < 4.78 is 21.8. The van der Waals surface area contributed by atoms with Crippen LogP contribution in [0.4, 0.5) is 0 Å². The van der Waals surface area contributed by atoms with Gasteiger partial charge in [0.05, 0.1) is 40.1 Å². The van der Waals surface area contributed by atoms with Crippen LogP contribution in [0.2, 0.25) is 0 Å². The fourth-order valence-corrected chi connectivity index (χ4v) is 4.92. The Morgan fingerprint density at radius 2 is 1.27 bits per heavy atom. The highest BCUT2D eigenvalue weighted by Gasteiger charge is 2.23. The minimum absolute atomic E-state index is 0.142. The van der Waals surface area contributed by atoms with Gasteiger partial charge in [0.1, 0.15) is 22.6 Å². The van der Waals surface area contributed by atoms with Gasteiger partial charge in [0.2, 0.25) is 0 Å². The molecule has 0 atom stereocenters. The van der Waals surface area contributed by atoms with E-state index in [1.807, 2.05) is 24.3 Å². The number of esters is 2. The highest BCUT2D eigenvalue weighted by atomic mass is 79.9. The van der Waals surface area contributed by atoms with Crippen molar-refractivity contribution in [2.45, 2.75) is 22.9 Å². The lowest BCUT2D eigenvalue weighted by Gasteiger charge is -2.15.